The molecule has 0 aliphatic heterocycles. The molecule has 0 radical (unpaired) electrons. The van der Waals surface area contributed by atoms with Crippen LogP contribution in [0.4, 0.5) is 15.8 Å². The lowest BCUT2D eigenvalue weighted by Gasteiger charge is -2.16. The maximum absolute atomic E-state index is 13.5. The summed E-state index contributed by atoms with van der Waals surface area (Å²) in [6, 6.07) is 5.24. The van der Waals surface area contributed by atoms with E-state index in [1.807, 2.05) is 41.0 Å². The molecule has 2 nitrogen and oxygen atoms in total. The van der Waals surface area contributed by atoms with E-state index in [9.17, 15) is 4.39 Å². The van der Waals surface area contributed by atoms with E-state index in [2.05, 4.69) is 10.7 Å². The minimum atomic E-state index is -0.250. The molecule has 0 aliphatic carbocycles. The molecule has 1 aromatic heterocycles. The first kappa shape index (κ1) is 12.6. The van der Waals surface area contributed by atoms with Gasteiger partial charge in [0.15, 0.2) is 0 Å². The van der Waals surface area contributed by atoms with Crippen LogP contribution < -0.4 is 11.1 Å². The Morgan fingerprint density at radius 2 is 2.24 bits per heavy atom. The van der Waals surface area contributed by atoms with Crippen molar-refractivity contribution in [2.45, 2.75) is 13.0 Å². The third-order valence-corrected chi connectivity index (χ3v) is 4.04. The van der Waals surface area contributed by atoms with E-state index in [1.165, 1.54) is 11.6 Å². The molecule has 1 aromatic carbocycles. The summed E-state index contributed by atoms with van der Waals surface area (Å²) in [6.45, 7) is 2.03. The van der Waals surface area contributed by atoms with Crippen LogP contribution in [0, 0.1) is 9.39 Å². The summed E-state index contributed by atoms with van der Waals surface area (Å²) >= 11 is 3.57. The van der Waals surface area contributed by atoms with Crippen molar-refractivity contribution in [2.75, 3.05) is 11.1 Å². The zero-order chi connectivity index (χ0) is 12.4. The fraction of sp³-hybridized carbons (Fsp3) is 0.167. The Kier molecular flexibility index (Phi) is 3.88. The molecule has 0 fully saturated rings. The summed E-state index contributed by atoms with van der Waals surface area (Å²) in [5.41, 5.74) is 8.24. The van der Waals surface area contributed by atoms with Gasteiger partial charge >= 0.3 is 0 Å². The Bertz CT molecular complexity index is 513. The Morgan fingerprint density at radius 3 is 2.88 bits per heavy atom. The van der Waals surface area contributed by atoms with Gasteiger partial charge in [0.05, 0.1) is 14.9 Å². The maximum Gasteiger partial charge on any atom is 0.138 e. The highest BCUT2D eigenvalue weighted by Crippen LogP contribution is 2.28. The van der Waals surface area contributed by atoms with Gasteiger partial charge in [-0.2, -0.15) is 11.3 Å². The molecule has 1 atom stereocenters. The van der Waals surface area contributed by atoms with Gasteiger partial charge in [-0.1, -0.05) is 0 Å². The normalized spacial score (nSPS) is 12.4. The molecule has 17 heavy (non-hydrogen) atoms. The largest absolute Gasteiger partial charge is 0.397 e. The number of anilines is 2. The molecular formula is C12H12FIN2S. The van der Waals surface area contributed by atoms with Crippen LogP contribution in [-0.4, -0.2) is 0 Å². The first-order valence-corrected chi connectivity index (χ1v) is 7.13. The number of nitrogen functional groups attached to an aromatic ring is 1. The summed E-state index contributed by atoms with van der Waals surface area (Å²) in [4.78, 5) is 0. The number of thiophene rings is 1. The van der Waals surface area contributed by atoms with E-state index in [-0.39, 0.29) is 11.9 Å². The Morgan fingerprint density at radius 1 is 1.47 bits per heavy atom. The zero-order valence-corrected chi connectivity index (χ0v) is 12.2. The van der Waals surface area contributed by atoms with Crippen molar-refractivity contribution in [3.63, 3.8) is 0 Å². The van der Waals surface area contributed by atoms with Crippen molar-refractivity contribution in [1.29, 1.82) is 0 Å². The number of rotatable bonds is 3. The third-order valence-electron chi connectivity index (χ3n) is 2.51. The van der Waals surface area contributed by atoms with Gasteiger partial charge in [0.25, 0.3) is 0 Å². The SMILES string of the molecule is CC(Nc1cc(F)c(I)cc1N)c1ccsc1. The highest BCUT2D eigenvalue weighted by molar-refractivity contribution is 14.1. The number of hydrogen-bond acceptors (Lipinski definition) is 3. The van der Waals surface area contributed by atoms with Crippen LogP contribution in [0.1, 0.15) is 18.5 Å². The van der Waals surface area contributed by atoms with Crippen LogP contribution in [0.15, 0.2) is 29.0 Å². The number of hydrogen-bond donors (Lipinski definition) is 2. The van der Waals surface area contributed by atoms with E-state index in [0.717, 1.165) is 0 Å². The molecule has 0 amide bonds. The minimum Gasteiger partial charge on any atom is -0.397 e. The maximum atomic E-state index is 13.5. The van der Waals surface area contributed by atoms with Crippen LogP contribution in [0.25, 0.3) is 0 Å². The van der Waals surface area contributed by atoms with Crippen molar-refractivity contribution < 1.29 is 4.39 Å². The first-order chi connectivity index (χ1) is 8.08. The highest BCUT2D eigenvalue weighted by Gasteiger charge is 2.10. The minimum absolute atomic E-state index is 0.114. The van der Waals surface area contributed by atoms with Crippen LogP contribution in [0.2, 0.25) is 0 Å². The summed E-state index contributed by atoms with van der Waals surface area (Å²) in [5.74, 6) is -0.250. The van der Waals surface area contributed by atoms with Gasteiger partial charge < -0.3 is 11.1 Å². The molecule has 2 aromatic rings. The molecular weight excluding hydrogens is 350 g/mol. The van der Waals surface area contributed by atoms with Gasteiger partial charge in [0.2, 0.25) is 0 Å². The summed E-state index contributed by atoms with van der Waals surface area (Å²) in [6.07, 6.45) is 0. The van der Waals surface area contributed by atoms with Crippen molar-refractivity contribution in [1.82, 2.24) is 0 Å². The molecule has 1 unspecified atom stereocenters. The van der Waals surface area contributed by atoms with E-state index in [4.69, 9.17) is 5.73 Å². The number of benzene rings is 1. The lowest BCUT2D eigenvalue weighted by atomic mass is 10.1. The number of nitrogens with two attached hydrogens (primary N) is 1. The molecule has 0 bridgehead atoms. The average molecular weight is 362 g/mol. The van der Waals surface area contributed by atoms with Crippen LogP contribution >= 0.6 is 33.9 Å². The van der Waals surface area contributed by atoms with E-state index >= 15 is 0 Å². The second kappa shape index (κ2) is 5.22. The van der Waals surface area contributed by atoms with Crippen LogP contribution in [0.5, 0.6) is 0 Å². The van der Waals surface area contributed by atoms with Gasteiger partial charge in [0.1, 0.15) is 5.82 Å². The summed E-state index contributed by atoms with van der Waals surface area (Å²) in [5, 5.41) is 7.30. The van der Waals surface area contributed by atoms with Crippen molar-refractivity contribution in [3.05, 3.63) is 43.9 Å². The second-order valence-electron chi connectivity index (χ2n) is 3.78. The van der Waals surface area contributed by atoms with Gasteiger partial charge in [-0.25, -0.2) is 4.39 Å². The van der Waals surface area contributed by atoms with Gasteiger partial charge in [-0.3, -0.25) is 0 Å². The molecule has 0 saturated carbocycles. The van der Waals surface area contributed by atoms with Crippen molar-refractivity contribution >= 4 is 45.3 Å². The van der Waals surface area contributed by atoms with Gasteiger partial charge in [0, 0.05) is 12.1 Å². The predicted molar refractivity (Wildman–Crippen MR) is 79.9 cm³/mol. The predicted octanol–water partition coefficient (Wildman–Crippen LogP) is 4.25. The standard InChI is InChI=1S/C12H12FIN2S/c1-7(8-2-3-17-6-8)16-12-4-9(13)10(14)5-11(12)15/h2-7,16H,15H2,1H3. The first-order valence-electron chi connectivity index (χ1n) is 5.11. The fourth-order valence-corrected chi connectivity index (χ4v) is 2.77. The summed E-state index contributed by atoms with van der Waals surface area (Å²) < 4.78 is 14.0. The van der Waals surface area contributed by atoms with Crippen LogP contribution in [0.3, 0.4) is 0 Å². The molecule has 5 heteroatoms. The molecule has 3 N–H and O–H groups in total. The smallest absolute Gasteiger partial charge is 0.138 e. The third kappa shape index (κ3) is 2.90. The molecule has 0 saturated heterocycles. The van der Waals surface area contributed by atoms with Crippen LogP contribution in [-0.2, 0) is 0 Å². The summed E-state index contributed by atoms with van der Waals surface area (Å²) in [7, 11) is 0. The second-order valence-corrected chi connectivity index (χ2v) is 5.72. The Balaban J connectivity index is 2.22. The number of halogens is 2. The highest BCUT2D eigenvalue weighted by atomic mass is 127. The quantitative estimate of drug-likeness (QED) is 0.633. The number of nitrogens with one attached hydrogen (secondary N) is 1. The van der Waals surface area contributed by atoms with Gasteiger partial charge in [-0.15, -0.1) is 0 Å². The lowest BCUT2D eigenvalue weighted by molar-refractivity contribution is 0.620. The molecule has 1 heterocycles. The zero-order valence-electron chi connectivity index (χ0n) is 9.21. The van der Waals surface area contributed by atoms with E-state index in [0.29, 0.717) is 14.9 Å². The van der Waals surface area contributed by atoms with Gasteiger partial charge in [-0.05, 0) is 58.0 Å². The average Bonchev–Trinajstić information content (AvgIpc) is 2.79. The van der Waals surface area contributed by atoms with Crippen molar-refractivity contribution in [3.8, 4) is 0 Å². The Labute approximate surface area is 117 Å². The van der Waals surface area contributed by atoms with E-state index < -0.39 is 0 Å². The molecule has 2 rings (SSSR count). The Hall–Kier alpha value is -0.820. The lowest BCUT2D eigenvalue weighted by Crippen LogP contribution is -2.08. The van der Waals surface area contributed by atoms with Crippen molar-refractivity contribution in [2.24, 2.45) is 0 Å². The molecule has 0 aliphatic rings. The fourth-order valence-electron chi connectivity index (χ4n) is 1.53. The molecule has 0 spiro atoms. The molecule has 90 valence electrons. The topological polar surface area (TPSA) is 38.0 Å². The monoisotopic (exact) mass is 362 g/mol. The van der Waals surface area contributed by atoms with E-state index in [1.54, 1.807) is 17.4 Å².